The Hall–Kier alpha value is -2.67. The number of amides is 2. The van der Waals surface area contributed by atoms with E-state index in [1.807, 2.05) is 0 Å². The maximum Gasteiger partial charge on any atom is 0.251 e. The van der Waals surface area contributed by atoms with E-state index >= 15 is 0 Å². The Kier molecular flexibility index (Phi) is 6.59. The van der Waals surface area contributed by atoms with Crippen LogP contribution >= 0.6 is 11.8 Å². The maximum atomic E-state index is 12.1. The van der Waals surface area contributed by atoms with Crippen molar-refractivity contribution in [2.24, 2.45) is 0 Å². The van der Waals surface area contributed by atoms with Crippen LogP contribution in [0, 0.1) is 6.92 Å². The molecule has 0 bridgehead atoms. The summed E-state index contributed by atoms with van der Waals surface area (Å²) in [6, 6.07) is 13.4. The zero-order valence-corrected chi connectivity index (χ0v) is 15.9. The summed E-state index contributed by atoms with van der Waals surface area (Å²) in [7, 11) is 0. The minimum Gasteiger partial charge on any atom is -0.454 e. The molecule has 3 rings (SSSR count). The van der Waals surface area contributed by atoms with Crippen molar-refractivity contribution < 1.29 is 19.1 Å². The molecule has 27 heavy (non-hydrogen) atoms. The molecule has 0 fully saturated rings. The summed E-state index contributed by atoms with van der Waals surface area (Å²) in [6.07, 6.45) is 0. The van der Waals surface area contributed by atoms with E-state index in [2.05, 4.69) is 41.8 Å². The van der Waals surface area contributed by atoms with Crippen LogP contribution in [0.4, 0.5) is 0 Å². The number of carbonyl (C=O) groups excluding carboxylic acids is 2. The number of fused-ring (bicyclic) bond motifs is 1. The second-order valence-corrected chi connectivity index (χ2v) is 7.24. The lowest BCUT2D eigenvalue weighted by molar-refractivity contribution is -0.120. The van der Waals surface area contributed by atoms with Gasteiger partial charge in [-0.2, -0.15) is 11.8 Å². The van der Waals surface area contributed by atoms with Gasteiger partial charge in [-0.05, 0) is 30.7 Å². The Morgan fingerprint density at radius 3 is 2.63 bits per heavy atom. The van der Waals surface area contributed by atoms with Crippen molar-refractivity contribution in [3.63, 3.8) is 0 Å². The number of benzene rings is 2. The normalized spacial score (nSPS) is 11.9. The van der Waals surface area contributed by atoms with Gasteiger partial charge < -0.3 is 20.1 Å². The highest BCUT2D eigenvalue weighted by Crippen LogP contribution is 2.32. The van der Waals surface area contributed by atoms with E-state index in [1.165, 1.54) is 11.1 Å². The van der Waals surface area contributed by atoms with Crippen molar-refractivity contribution in [2.75, 3.05) is 25.6 Å². The lowest BCUT2D eigenvalue weighted by Gasteiger charge is -2.08. The highest BCUT2D eigenvalue weighted by Gasteiger charge is 2.16. The fourth-order valence-corrected chi connectivity index (χ4v) is 3.32. The molecule has 0 radical (unpaired) electrons. The van der Waals surface area contributed by atoms with Crippen LogP contribution in [0.15, 0.2) is 42.5 Å². The van der Waals surface area contributed by atoms with E-state index in [0.29, 0.717) is 23.6 Å². The van der Waals surface area contributed by atoms with Crippen LogP contribution in [0.5, 0.6) is 11.5 Å². The van der Waals surface area contributed by atoms with E-state index in [9.17, 15) is 9.59 Å². The number of rotatable bonds is 8. The van der Waals surface area contributed by atoms with Crippen LogP contribution in [0.1, 0.15) is 21.5 Å². The summed E-state index contributed by atoms with van der Waals surface area (Å²) in [6.45, 7) is 2.73. The molecule has 0 saturated carbocycles. The zero-order chi connectivity index (χ0) is 19.1. The van der Waals surface area contributed by atoms with Crippen molar-refractivity contribution in [3.8, 4) is 11.5 Å². The largest absolute Gasteiger partial charge is 0.454 e. The average Bonchev–Trinajstić information content (AvgIpc) is 3.15. The molecule has 142 valence electrons. The first-order valence-electron chi connectivity index (χ1n) is 8.69. The highest BCUT2D eigenvalue weighted by molar-refractivity contribution is 7.98. The molecule has 6 nitrogen and oxygen atoms in total. The summed E-state index contributed by atoms with van der Waals surface area (Å²) in [5.41, 5.74) is 2.95. The molecular formula is C20H22N2O4S. The number of hydrogen-bond donors (Lipinski definition) is 2. The van der Waals surface area contributed by atoms with Gasteiger partial charge in [0.15, 0.2) is 11.5 Å². The predicted molar refractivity (Wildman–Crippen MR) is 105 cm³/mol. The summed E-state index contributed by atoms with van der Waals surface area (Å²) in [5.74, 6) is 2.36. The number of ether oxygens (including phenoxy) is 2. The second kappa shape index (κ2) is 9.32. The van der Waals surface area contributed by atoms with Crippen molar-refractivity contribution >= 4 is 23.6 Å². The average molecular weight is 386 g/mol. The Bertz CT molecular complexity index is 808. The molecule has 1 heterocycles. The summed E-state index contributed by atoms with van der Waals surface area (Å²) < 4.78 is 10.5. The molecule has 7 heteroatoms. The fraction of sp³-hybridized carbons (Fsp3) is 0.300. The van der Waals surface area contributed by atoms with Crippen LogP contribution in [-0.4, -0.2) is 37.4 Å². The number of hydrogen-bond acceptors (Lipinski definition) is 5. The molecular weight excluding hydrogens is 364 g/mol. The topological polar surface area (TPSA) is 76.7 Å². The third-order valence-electron chi connectivity index (χ3n) is 4.00. The smallest absolute Gasteiger partial charge is 0.251 e. The number of thioether (sulfide) groups is 1. The van der Waals surface area contributed by atoms with Crippen LogP contribution in [0.25, 0.3) is 0 Å². The quantitative estimate of drug-likeness (QED) is 0.682. The van der Waals surface area contributed by atoms with Crippen molar-refractivity contribution in [1.29, 1.82) is 0 Å². The van der Waals surface area contributed by atoms with E-state index in [-0.39, 0.29) is 25.2 Å². The monoisotopic (exact) mass is 386 g/mol. The molecule has 0 saturated heterocycles. The zero-order valence-electron chi connectivity index (χ0n) is 15.1. The van der Waals surface area contributed by atoms with Crippen LogP contribution in [-0.2, 0) is 10.5 Å². The van der Waals surface area contributed by atoms with Crippen LogP contribution in [0.2, 0.25) is 0 Å². The molecule has 0 unspecified atom stereocenters. The molecule has 2 aromatic rings. The first kappa shape index (κ1) is 19.1. The lowest BCUT2D eigenvalue weighted by Crippen LogP contribution is -2.37. The van der Waals surface area contributed by atoms with Crippen LogP contribution in [0.3, 0.4) is 0 Å². The molecule has 0 aliphatic carbocycles. The minimum absolute atomic E-state index is 0.0596. The maximum absolute atomic E-state index is 12.1. The molecule has 0 aromatic heterocycles. The first-order chi connectivity index (χ1) is 13.1. The third-order valence-corrected chi connectivity index (χ3v) is 5.03. The van der Waals surface area contributed by atoms with Crippen LogP contribution < -0.4 is 20.1 Å². The lowest BCUT2D eigenvalue weighted by atomic mass is 10.2. The summed E-state index contributed by atoms with van der Waals surface area (Å²) in [5, 5.41) is 5.42. The van der Waals surface area contributed by atoms with Gasteiger partial charge in [-0.3, -0.25) is 9.59 Å². The van der Waals surface area contributed by atoms with E-state index in [4.69, 9.17) is 9.47 Å². The van der Waals surface area contributed by atoms with Gasteiger partial charge in [0.2, 0.25) is 12.7 Å². The van der Waals surface area contributed by atoms with Gasteiger partial charge >= 0.3 is 0 Å². The molecule has 2 N–H and O–H groups in total. The Morgan fingerprint density at radius 1 is 1.04 bits per heavy atom. The Labute approximate surface area is 162 Å². The molecule has 1 aliphatic heterocycles. The Morgan fingerprint density at radius 2 is 1.81 bits per heavy atom. The SMILES string of the molecule is Cc1ccc(CSCCNC(=O)CNC(=O)c2ccc3c(c2)OCO3)cc1. The van der Waals surface area contributed by atoms with Gasteiger partial charge in [0.05, 0.1) is 6.54 Å². The molecule has 0 spiro atoms. The van der Waals surface area contributed by atoms with Gasteiger partial charge in [0.1, 0.15) is 0 Å². The first-order valence-corrected chi connectivity index (χ1v) is 9.85. The van der Waals surface area contributed by atoms with Gasteiger partial charge in [-0.15, -0.1) is 0 Å². The third kappa shape index (κ3) is 5.65. The fourth-order valence-electron chi connectivity index (χ4n) is 2.50. The van der Waals surface area contributed by atoms with E-state index in [0.717, 1.165) is 11.5 Å². The van der Waals surface area contributed by atoms with E-state index in [1.54, 1.807) is 30.0 Å². The summed E-state index contributed by atoms with van der Waals surface area (Å²) >= 11 is 1.76. The standard InChI is InChI=1S/C20H22N2O4S/c1-14-2-4-15(5-3-14)12-27-9-8-21-19(23)11-22-20(24)16-6-7-17-18(10-16)26-13-25-17/h2-7,10H,8-9,11-13H2,1H3,(H,21,23)(H,22,24). The van der Waals surface area contributed by atoms with Gasteiger partial charge in [-0.1, -0.05) is 29.8 Å². The van der Waals surface area contributed by atoms with Crippen molar-refractivity contribution in [2.45, 2.75) is 12.7 Å². The molecule has 2 amide bonds. The van der Waals surface area contributed by atoms with E-state index < -0.39 is 0 Å². The van der Waals surface area contributed by atoms with Crippen molar-refractivity contribution in [3.05, 3.63) is 59.2 Å². The number of carbonyl (C=O) groups is 2. The van der Waals surface area contributed by atoms with Crippen molar-refractivity contribution in [1.82, 2.24) is 10.6 Å². The van der Waals surface area contributed by atoms with Gasteiger partial charge in [-0.25, -0.2) is 0 Å². The second-order valence-electron chi connectivity index (χ2n) is 6.14. The molecule has 2 aromatic carbocycles. The molecule has 1 aliphatic rings. The highest BCUT2D eigenvalue weighted by atomic mass is 32.2. The summed E-state index contributed by atoms with van der Waals surface area (Å²) in [4.78, 5) is 24.0. The number of nitrogens with one attached hydrogen (secondary N) is 2. The van der Waals surface area contributed by atoms with Gasteiger partial charge in [0, 0.05) is 23.6 Å². The Balaban J connectivity index is 1.31. The predicted octanol–water partition coefficient (Wildman–Crippen LogP) is 2.50. The minimum atomic E-state index is -0.322. The van der Waals surface area contributed by atoms with Gasteiger partial charge in [0.25, 0.3) is 5.91 Å². The number of aryl methyl sites for hydroxylation is 1. The molecule has 0 atom stereocenters.